The van der Waals surface area contributed by atoms with Crippen LogP contribution in [0.3, 0.4) is 0 Å². The molecule has 0 fully saturated rings. The molecule has 2 rings (SSSR count). The first-order chi connectivity index (χ1) is 9.58. The van der Waals surface area contributed by atoms with Crippen LogP contribution in [0.15, 0.2) is 18.5 Å². The van der Waals surface area contributed by atoms with Crippen molar-refractivity contribution in [1.82, 2.24) is 24.5 Å². The number of rotatable bonds is 5. The van der Waals surface area contributed by atoms with E-state index in [1.165, 1.54) is 0 Å². The fourth-order valence-electron chi connectivity index (χ4n) is 2.25. The predicted molar refractivity (Wildman–Crippen MR) is 76.3 cm³/mol. The Balaban J connectivity index is 2.13. The van der Waals surface area contributed by atoms with Crippen LogP contribution >= 0.6 is 0 Å². The zero-order chi connectivity index (χ0) is 14.7. The molecule has 0 atom stereocenters. The maximum absolute atomic E-state index is 12.4. The van der Waals surface area contributed by atoms with E-state index in [0.717, 1.165) is 17.8 Å². The second kappa shape index (κ2) is 5.90. The summed E-state index contributed by atoms with van der Waals surface area (Å²) in [6.45, 7) is 8.14. The molecule has 6 heteroatoms. The van der Waals surface area contributed by atoms with Crippen molar-refractivity contribution in [3.05, 3.63) is 35.4 Å². The smallest absolute Gasteiger partial charge is 0.272 e. The Morgan fingerprint density at radius 1 is 1.25 bits per heavy atom. The molecule has 0 saturated carbocycles. The lowest BCUT2D eigenvalue weighted by Crippen LogP contribution is -2.28. The normalized spacial score (nSPS) is 10.8. The Morgan fingerprint density at radius 2 is 1.95 bits per heavy atom. The van der Waals surface area contributed by atoms with Crippen molar-refractivity contribution >= 4 is 5.91 Å². The Bertz CT molecular complexity index is 598. The molecule has 0 aliphatic carbocycles. The molecular formula is C14H21N5O. The summed E-state index contributed by atoms with van der Waals surface area (Å²) in [7, 11) is 1.80. The van der Waals surface area contributed by atoms with E-state index >= 15 is 0 Å². The molecule has 108 valence electrons. The van der Waals surface area contributed by atoms with Crippen molar-refractivity contribution in [3.63, 3.8) is 0 Å². The first-order valence-electron chi connectivity index (χ1n) is 6.87. The van der Waals surface area contributed by atoms with Crippen LogP contribution in [0.5, 0.6) is 0 Å². The highest BCUT2D eigenvalue weighted by Gasteiger charge is 2.17. The average Bonchev–Trinajstić information content (AvgIpc) is 3.05. The number of hydrogen-bond acceptors (Lipinski definition) is 3. The molecule has 0 aliphatic rings. The monoisotopic (exact) mass is 275 g/mol. The third-order valence-electron chi connectivity index (χ3n) is 3.49. The molecule has 0 saturated heterocycles. The van der Waals surface area contributed by atoms with Gasteiger partial charge in [0.1, 0.15) is 5.69 Å². The molecule has 0 aliphatic heterocycles. The van der Waals surface area contributed by atoms with Gasteiger partial charge in [-0.2, -0.15) is 10.2 Å². The van der Waals surface area contributed by atoms with Crippen molar-refractivity contribution in [2.45, 2.75) is 40.4 Å². The van der Waals surface area contributed by atoms with Crippen LogP contribution in [0, 0.1) is 6.92 Å². The van der Waals surface area contributed by atoms with Gasteiger partial charge in [0.15, 0.2) is 0 Å². The van der Waals surface area contributed by atoms with E-state index in [1.807, 2.05) is 24.7 Å². The van der Waals surface area contributed by atoms with Gasteiger partial charge < -0.3 is 4.90 Å². The van der Waals surface area contributed by atoms with E-state index in [9.17, 15) is 4.79 Å². The lowest BCUT2D eigenvalue weighted by Gasteiger charge is -2.17. The van der Waals surface area contributed by atoms with Crippen LogP contribution in [-0.4, -0.2) is 37.4 Å². The van der Waals surface area contributed by atoms with E-state index in [4.69, 9.17) is 0 Å². The molecule has 6 nitrogen and oxygen atoms in total. The summed E-state index contributed by atoms with van der Waals surface area (Å²) >= 11 is 0. The van der Waals surface area contributed by atoms with Gasteiger partial charge in [-0.3, -0.25) is 14.2 Å². The average molecular weight is 275 g/mol. The lowest BCUT2D eigenvalue weighted by molar-refractivity contribution is 0.0772. The van der Waals surface area contributed by atoms with E-state index in [0.29, 0.717) is 18.8 Å². The molecule has 0 spiro atoms. The molecular weight excluding hydrogens is 254 g/mol. The summed E-state index contributed by atoms with van der Waals surface area (Å²) in [6, 6.07) is 1.75. The topological polar surface area (TPSA) is 56.0 Å². The Labute approximate surface area is 119 Å². The molecule has 0 N–H and O–H groups in total. The van der Waals surface area contributed by atoms with Crippen molar-refractivity contribution in [2.75, 3.05) is 7.05 Å². The second-order valence-corrected chi connectivity index (χ2v) is 4.76. The highest BCUT2D eigenvalue weighted by atomic mass is 16.2. The minimum absolute atomic E-state index is 0.0204. The van der Waals surface area contributed by atoms with E-state index < -0.39 is 0 Å². The molecule has 0 bridgehead atoms. The fourth-order valence-corrected chi connectivity index (χ4v) is 2.25. The number of amides is 1. The number of hydrogen-bond donors (Lipinski definition) is 0. The summed E-state index contributed by atoms with van der Waals surface area (Å²) in [4.78, 5) is 14.1. The molecule has 1 amide bonds. The van der Waals surface area contributed by atoms with Crippen LogP contribution < -0.4 is 0 Å². The van der Waals surface area contributed by atoms with Crippen LogP contribution in [0.2, 0.25) is 0 Å². The maximum atomic E-state index is 12.4. The minimum atomic E-state index is -0.0204. The number of carbonyl (C=O) groups is 1. The maximum Gasteiger partial charge on any atom is 0.272 e. The summed E-state index contributed by atoms with van der Waals surface area (Å²) in [6.07, 6.45) is 3.49. The Morgan fingerprint density at radius 3 is 2.55 bits per heavy atom. The number of carbonyl (C=O) groups excluding carboxylic acids is 1. The summed E-state index contributed by atoms with van der Waals surface area (Å²) in [5.41, 5.74) is 2.80. The Hall–Kier alpha value is -2.11. The molecule has 2 aromatic rings. The molecule has 2 heterocycles. The minimum Gasteiger partial charge on any atom is -0.336 e. The van der Waals surface area contributed by atoms with Gasteiger partial charge in [0, 0.05) is 44.1 Å². The fraction of sp³-hybridized carbons (Fsp3) is 0.500. The van der Waals surface area contributed by atoms with Crippen LogP contribution in [0.4, 0.5) is 0 Å². The SMILES string of the molecule is CCn1nccc1C(=O)N(C)Cc1cnn(CC)c1C. The number of aromatic nitrogens is 4. The summed E-state index contributed by atoms with van der Waals surface area (Å²) in [5.74, 6) is -0.0204. The van der Waals surface area contributed by atoms with Crippen LogP contribution in [0.1, 0.15) is 35.6 Å². The first kappa shape index (κ1) is 14.3. The van der Waals surface area contributed by atoms with Crippen molar-refractivity contribution in [3.8, 4) is 0 Å². The number of nitrogens with zero attached hydrogens (tertiary/aromatic N) is 5. The third kappa shape index (κ3) is 2.59. The number of aryl methyl sites for hydroxylation is 2. The molecule has 0 radical (unpaired) electrons. The van der Waals surface area contributed by atoms with E-state index in [1.54, 1.807) is 28.9 Å². The predicted octanol–water partition coefficient (Wildman–Crippen LogP) is 1.70. The van der Waals surface area contributed by atoms with Crippen molar-refractivity contribution in [1.29, 1.82) is 0 Å². The molecule has 0 unspecified atom stereocenters. The molecule has 20 heavy (non-hydrogen) atoms. The van der Waals surface area contributed by atoms with Gasteiger partial charge in [0.05, 0.1) is 6.20 Å². The quantitative estimate of drug-likeness (QED) is 0.834. The Kier molecular flexibility index (Phi) is 4.22. The third-order valence-corrected chi connectivity index (χ3v) is 3.49. The van der Waals surface area contributed by atoms with Gasteiger partial charge >= 0.3 is 0 Å². The van der Waals surface area contributed by atoms with Gasteiger partial charge in [-0.25, -0.2) is 0 Å². The van der Waals surface area contributed by atoms with Crippen molar-refractivity contribution < 1.29 is 4.79 Å². The zero-order valence-electron chi connectivity index (χ0n) is 12.5. The van der Waals surface area contributed by atoms with Gasteiger partial charge in [-0.1, -0.05) is 0 Å². The lowest BCUT2D eigenvalue weighted by atomic mass is 10.2. The second-order valence-electron chi connectivity index (χ2n) is 4.76. The van der Waals surface area contributed by atoms with Gasteiger partial charge in [0.25, 0.3) is 5.91 Å². The first-order valence-corrected chi connectivity index (χ1v) is 6.87. The van der Waals surface area contributed by atoms with E-state index in [-0.39, 0.29) is 5.91 Å². The summed E-state index contributed by atoms with van der Waals surface area (Å²) < 4.78 is 3.64. The summed E-state index contributed by atoms with van der Waals surface area (Å²) in [5, 5.41) is 8.44. The van der Waals surface area contributed by atoms with E-state index in [2.05, 4.69) is 17.1 Å². The largest absolute Gasteiger partial charge is 0.336 e. The zero-order valence-corrected chi connectivity index (χ0v) is 12.5. The highest BCUT2D eigenvalue weighted by molar-refractivity contribution is 5.92. The van der Waals surface area contributed by atoms with Crippen LogP contribution in [0.25, 0.3) is 0 Å². The molecule has 2 aromatic heterocycles. The van der Waals surface area contributed by atoms with Gasteiger partial charge in [0.2, 0.25) is 0 Å². The van der Waals surface area contributed by atoms with Gasteiger partial charge in [-0.15, -0.1) is 0 Å². The molecule has 0 aromatic carbocycles. The van der Waals surface area contributed by atoms with Crippen LogP contribution in [-0.2, 0) is 19.6 Å². The highest BCUT2D eigenvalue weighted by Crippen LogP contribution is 2.12. The standard InChI is InChI=1S/C14H21N5O/c1-5-18-11(3)12(9-16-18)10-17(4)14(20)13-7-8-15-19(13)6-2/h7-9H,5-6,10H2,1-4H3. The van der Waals surface area contributed by atoms with Crippen molar-refractivity contribution in [2.24, 2.45) is 0 Å². The van der Waals surface area contributed by atoms with Gasteiger partial charge in [-0.05, 0) is 26.8 Å².